The molecule has 0 aromatic heterocycles. The Balaban J connectivity index is 1.69. The Morgan fingerprint density at radius 1 is 0.900 bits per heavy atom. The Labute approximate surface area is 119 Å². The first-order chi connectivity index (χ1) is 9.65. The average molecular weight is 280 g/mol. The van der Waals surface area contributed by atoms with Gasteiger partial charge in [-0.2, -0.15) is 0 Å². The van der Waals surface area contributed by atoms with Gasteiger partial charge in [0.05, 0.1) is 0 Å². The molecule has 0 aromatic carbocycles. The molecule has 0 atom stereocenters. The van der Waals surface area contributed by atoms with Crippen LogP contribution in [0.4, 0.5) is 4.79 Å². The zero-order valence-electron chi connectivity index (χ0n) is 12.0. The lowest BCUT2D eigenvalue weighted by molar-refractivity contribution is -0.138. The van der Waals surface area contributed by atoms with Gasteiger partial charge in [0.15, 0.2) is 0 Å². The van der Waals surface area contributed by atoms with Crippen LogP contribution in [0.2, 0.25) is 0 Å². The molecule has 3 aliphatic rings. The highest BCUT2D eigenvalue weighted by Gasteiger charge is 2.40. The highest BCUT2D eigenvalue weighted by molar-refractivity contribution is 5.81. The molecule has 112 valence electrons. The maximum Gasteiger partial charge on any atom is 0.323 e. The number of urea groups is 1. The highest BCUT2D eigenvalue weighted by Crippen LogP contribution is 2.36. The van der Waals surface area contributed by atoms with E-state index in [4.69, 9.17) is 5.11 Å². The normalized spacial score (nSPS) is 22.8. The summed E-state index contributed by atoms with van der Waals surface area (Å²) in [5.74, 6) is -0.234. The van der Waals surface area contributed by atoms with E-state index in [1.165, 1.54) is 12.8 Å². The number of carboxylic acid groups (broad SMARTS) is 1. The summed E-state index contributed by atoms with van der Waals surface area (Å²) in [5, 5.41) is 9.11. The number of carbonyl (C=O) groups is 2. The molecule has 0 aliphatic heterocycles. The SMILES string of the molecule is O=C(O)CN(C(=O)N(CC1CC1)C1CC1)C1CCCC1. The summed E-state index contributed by atoms with van der Waals surface area (Å²) in [5.41, 5.74) is 0. The lowest BCUT2D eigenvalue weighted by Gasteiger charge is -2.34. The predicted molar refractivity (Wildman–Crippen MR) is 74.4 cm³/mol. The summed E-state index contributed by atoms with van der Waals surface area (Å²) >= 11 is 0. The van der Waals surface area contributed by atoms with Gasteiger partial charge in [0.1, 0.15) is 6.54 Å². The van der Waals surface area contributed by atoms with Crippen molar-refractivity contribution < 1.29 is 14.7 Å². The van der Waals surface area contributed by atoms with Crippen molar-refractivity contribution in [3.8, 4) is 0 Å². The molecule has 3 fully saturated rings. The molecule has 5 nitrogen and oxygen atoms in total. The van der Waals surface area contributed by atoms with Gasteiger partial charge in [-0.25, -0.2) is 4.79 Å². The third kappa shape index (κ3) is 3.25. The van der Waals surface area contributed by atoms with Gasteiger partial charge in [-0.1, -0.05) is 12.8 Å². The van der Waals surface area contributed by atoms with Crippen LogP contribution in [-0.2, 0) is 4.79 Å². The van der Waals surface area contributed by atoms with Gasteiger partial charge in [-0.3, -0.25) is 4.79 Å². The Morgan fingerprint density at radius 3 is 2.00 bits per heavy atom. The van der Waals surface area contributed by atoms with Crippen molar-refractivity contribution in [2.75, 3.05) is 13.1 Å². The van der Waals surface area contributed by atoms with Gasteiger partial charge < -0.3 is 14.9 Å². The molecule has 0 saturated heterocycles. The lowest BCUT2D eigenvalue weighted by Crippen LogP contribution is -2.50. The third-order valence-electron chi connectivity index (χ3n) is 4.70. The fourth-order valence-corrected chi connectivity index (χ4v) is 3.23. The number of hydrogen-bond acceptors (Lipinski definition) is 2. The average Bonchev–Trinajstić information content (AvgIpc) is 3.32. The molecule has 0 unspecified atom stereocenters. The maximum absolute atomic E-state index is 12.8. The summed E-state index contributed by atoms with van der Waals surface area (Å²) in [6, 6.07) is 0.494. The molecule has 0 bridgehead atoms. The van der Waals surface area contributed by atoms with E-state index in [0.29, 0.717) is 12.0 Å². The number of carboxylic acids is 1. The van der Waals surface area contributed by atoms with E-state index in [9.17, 15) is 9.59 Å². The van der Waals surface area contributed by atoms with Gasteiger partial charge in [-0.15, -0.1) is 0 Å². The Morgan fingerprint density at radius 2 is 1.50 bits per heavy atom. The van der Waals surface area contributed by atoms with Crippen LogP contribution < -0.4 is 0 Å². The van der Waals surface area contributed by atoms with Crippen LogP contribution >= 0.6 is 0 Å². The monoisotopic (exact) mass is 280 g/mol. The molecule has 0 radical (unpaired) electrons. The molecular formula is C15H24N2O3. The molecule has 3 rings (SSSR count). The zero-order valence-corrected chi connectivity index (χ0v) is 12.0. The first kappa shape index (κ1) is 13.7. The minimum atomic E-state index is -0.896. The molecule has 5 heteroatoms. The second kappa shape index (κ2) is 5.62. The van der Waals surface area contributed by atoms with Crippen molar-refractivity contribution in [1.82, 2.24) is 9.80 Å². The number of amides is 2. The van der Waals surface area contributed by atoms with Crippen LogP contribution in [0.25, 0.3) is 0 Å². The molecule has 0 aromatic rings. The smallest absolute Gasteiger partial charge is 0.323 e. The largest absolute Gasteiger partial charge is 0.480 e. The molecule has 0 heterocycles. The van der Waals surface area contributed by atoms with Gasteiger partial charge >= 0.3 is 12.0 Å². The minimum Gasteiger partial charge on any atom is -0.480 e. The maximum atomic E-state index is 12.8. The van der Waals surface area contributed by atoms with Crippen LogP contribution in [0.15, 0.2) is 0 Å². The number of carbonyl (C=O) groups excluding carboxylic acids is 1. The Bertz CT molecular complexity index is 385. The van der Waals surface area contributed by atoms with E-state index in [2.05, 4.69) is 0 Å². The summed E-state index contributed by atoms with van der Waals surface area (Å²) in [4.78, 5) is 27.5. The number of rotatable bonds is 6. The van der Waals surface area contributed by atoms with E-state index < -0.39 is 5.97 Å². The molecule has 20 heavy (non-hydrogen) atoms. The Hall–Kier alpha value is -1.26. The van der Waals surface area contributed by atoms with Crippen molar-refractivity contribution in [1.29, 1.82) is 0 Å². The first-order valence-corrected chi connectivity index (χ1v) is 7.94. The molecular weight excluding hydrogens is 256 g/mol. The van der Waals surface area contributed by atoms with Crippen molar-refractivity contribution in [3.05, 3.63) is 0 Å². The van der Waals surface area contributed by atoms with Crippen LogP contribution in [-0.4, -0.2) is 52.1 Å². The van der Waals surface area contributed by atoms with E-state index in [1.54, 1.807) is 4.90 Å². The topological polar surface area (TPSA) is 60.9 Å². The van der Waals surface area contributed by atoms with Gasteiger partial charge in [0, 0.05) is 18.6 Å². The van der Waals surface area contributed by atoms with E-state index in [-0.39, 0.29) is 18.6 Å². The number of aliphatic carboxylic acids is 1. The highest BCUT2D eigenvalue weighted by atomic mass is 16.4. The van der Waals surface area contributed by atoms with E-state index in [0.717, 1.165) is 45.1 Å². The van der Waals surface area contributed by atoms with Crippen LogP contribution in [0.5, 0.6) is 0 Å². The van der Waals surface area contributed by atoms with Crippen molar-refractivity contribution >= 4 is 12.0 Å². The van der Waals surface area contributed by atoms with Crippen molar-refractivity contribution in [2.24, 2.45) is 5.92 Å². The minimum absolute atomic E-state index is 0.0197. The lowest BCUT2D eigenvalue weighted by atomic mass is 10.2. The van der Waals surface area contributed by atoms with Crippen LogP contribution in [0, 0.1) is 5.92 Å². The second-order valence-corrected chi connectivity index (χ2v) is 6.57. The molecule has 3 aliphatic carbocycles. The van der Waals surface area contributed by atoms with E-state index >= 15 is 0 Å². The van der Waals surface area contributed by atoms with Crippen molar-refractivity contribution in [3.63, 3.8) is 0 Å². The van der Waals surface area contributed by atoms with Gasteiger partial charge in [0.25, 0.3) is 0 Å². The van der Waals surface area contributed by atoms with Crippen molar-refractivity contribution in [2.45, 2.75) is 63.5 Å². The van der Waals surface area contributed by atoms with Crippen LogP contribution in [0.3, 0.4) is 0 Å². The number of nitrogens with zero attached hydrogens (tertiary/aromatic N) is 2. The Kier molecular flexibility index (Phi) is 3.85. The molecule has 3 saturated carbocycles. The summed E-state index contributed by atoms with van der Waals surface area (Å²) in [7, 11) is 0. The zero-order chi connectivity index (χ0) is 14.1. The molecule has 1 N–H and O–H groups in total. The third-order valence-corrected chi connectivity index (χ3v) is 4.70. The quantitative estimate of drug-likeness (QED) is 0.812. The van der Waals surface area contributed by atoms with Crippen LogP contribution in [0.1, 0.15) is 51.4 Å². The summed E-state index contributed by atoms with van der Waals surface area (Å²) < 4.78 is 0. The fourth-order valence-electron chi connectivity index (χ4n) is 3.23. The van der Waals surface area contributed by atoms with Gasteiger partial charge in [0.2, 0.25) is 0 Å². The number of hydrogen-bond donors (Lipinski definition) is 1. The predicted octanol–water partition coefficient (Wildman–Crippen LogP) is 2.31. The molecule has 0 spiro atoms. The summed E-state index contributed by atoms with van der Waals surface area (Å²) in [6.07, 6.45) is 8.76. The summed E-state index contributed by atoms with van der Waals surface area (Å²) in [6.45, 7) is 0.698. The fraction of sp³-hybridized carbons (Fsp3) is 0.867. The molecule has 2 amide bonds. The standard InChI is InChI=1S/C15H24N2O3/c18-14(19)10-17(12-3-1-2-4-12)15(20)16(13-7-8-13)9-11-5-6-11/h11-13H,1-10H2,(H,18,19). The van der Waals surface area contributed by atoms with Gasteiger partial charge in [-0.05, 0) is 44.4 Å². The first-order valence-electron chi connectivity index (χ1n) is 7.94. The van der Waals surface area contributed by atoms with E-state index in [1.807, 2.05) is 4.90 Å². The second-order valence-electron chi connectivity index (χ2n) is 6.57.